The largest absolute Gasteiger partial charge is 0.207 e. The zero-order valence-electron chi connectivity index (χ0n) is 11.5. The van der Waals surface area contributed by atoms with E-state index < -0.39 is 5.83 Å². The normalized spacial score (nSPS) is 23.4. The van der Waals surface area contributed by atoms with E-state index in [0.717, 1.165) is 38.5 Å². The Balaban J connectivity index is 1.75. The molecule has 0 unspecified atom stereocenters. The van der Waals surface area contributed by atoms with Crippen LogP contribution in [0.15, 0.2) is 36.2 Å². The fourth-order valence-electron chi connectivity index (χ4n) is 2.91. The minimum Gasteiger partial charge on any atom is -0.207 e. The summed E-state index contributed by atoms with van der Waals surface area (Å²) in [5, 5.41) is 8.43. The Morgan fingerprint density at radius 3 is 2.45 bits per heavy atom. The first-order valence-corrected chi connectivity index (χ1v) is 7.19. The Morgan fingerprint density at radius 2 is 1.85 bits per heavy atom. The summed E-state index contributed by atoms with van der Waals surface area (Å²) in [4.78, 5) is 0. The highest BCUT2D eigenvalue weighted by molar-refractivity contribution is 5.16. The van der Waals surface area contributed by atoms with E-state index in [1.54, 1.807) is 0 Å². The maximum atomic E-state index is 12.9. The van der Waals surface area contributed by atoms with Crippen molar-refractivity contribution in [2.75, 3.05) is 0 Å². The molecule has 0 N–H and O–H groups in total. The molecule has 20 heavy (non-hydrogen) atoms. The van der Waals surface area contributed by atoms with Gasteiger partial charge in [0, 0.05) is 0 Å². The van der Waals surface area contributed by atoms with Gasteiger partial charge in [-0.05, 0) is 74.1 Å². The highest BCUT2D eigenvalue weighted by atomic mass is 19.1. The van der Waals surface area contributed by atoms with Crippen LogP contribution in [0.2, 0.25) is 0 Å². The molecule has 2 rings (SSSR count). The van der Waals surface area contributed by atoms with E-state index in [1.165, 1.54) is 29.8 Å². The molecule has 1 aromatic rings. The van der Waals surface area contributed by atoms with Gasteiger partial charge in [-0.1, -0.05) is 12.1 Å². The Morgan fingerprint density at radius 1 is 1.20 bits per heavy atom. The van der Waals surface area contributed by atoms with Crippen molar-refractivity contribution >= 4 is 0 Å². The van der Waals surface area contributed by atoms with Crippen LogP contribution in [-0.2, 0) is 6.42 Å². The number of nitriles is 1. The molecule has 1 fully saturated rings. The molecule has 1 nitrogen and oxygen atoms in total. The molecule has 1 saturated carbocycles. The van der Waals surface area contributed by atoms with Gasteiger partial charge in [-0.25, -0.2) is 4.39 Å². The predicted octanol–water partition coefficient (Wildman–Crippen LogP) is 4.94. The Hall–Kier alpha value is -1.69. The monoisotopic (exact) mass is 275 g/mol. The van der Waals surface area contributed by atoms with Crippen LogP contribution in [-0.4, -0.2) is 0 Å². The Labute approximate surface area is 118 Å². The summed E-state index contributed by atoms with van der Waals surface area (Å²) in [6, 6.07) is 8.22. The summed E-state index contributed by atoms with van der Waals surface area (Å²) < 4.78 is 25.7. The zero-order valence-corrected chi connectivity index (χ0v) is 11.5. The van der Waals surface area contributed by atoms with Crippen molar-refractivity contribution in [3.63, 3.8) is 0 Å². The number of hydrogen-bond donors (Lipinski definition) is 0. The van der Waals surface area contributed by atoms with Gasteiger partial charge in [-0.2, -0.15) is 9.65 Å². The maximum Gasteiger partial charge on any atom is 0.196 e. The van der Waals surface area contributed by atoms with Crippen molar-refractivity contribution < 1.29 is 8.78 Å². The molecule has 0 saturated heterocycles. The van der Waals surface area contributed by atoms with Crippen molar-refractivity contribution in [1.82, 2.24) is 0 Å². The second kappa shape index (κ2) is 7.19. The second-order valence-corrected chi connectivity index (χ2v) is 5.57. The standard InChI is InChI=1S/C17H19F2N/c18-16-9-7-14(8-10-16)2-1-13-3-5-15(6-4-13)11-17(19)12-20/h7-11,13,15H,1-6H2. The molecule has 0 heterocycles. The van der Waals surface area contributed by atoms with Gasteiger partial charge in [0.05, 0.1) is 0 Å². The molecule has 0 atom stereocenters. The molecule has 1 aliphatic rings. The molecule has 106 valence electrons. The first kappa shape index (κ1) is 14.7. The van der Waals surface area contributed by atoms with Gasteiger partial charge < -0.3 is 0 Å². The summed E-state index contributed by atoms with van der Waals surface area (Å²) in [5.74, 6) is 0.0342. The van der Waals surface area contributed by atoms with Crippen LogP contribution in [0, 0.1) is 29.0 Å². The lowest BCUT2D eigenvalue weighted by Crippen LogP contribution is -2.14. The Kier molecular flexibility index (Phi) is 5.29. The topological polar surface area (TPSA) is 23.8 Å². The van der Waals surface area contributed by atoms with E-state index in [2.05, 4.69) is 0 Å². The first-order chi connectivity index (χ1) is 9.67. The van der Waals surface area contributed by atoms with E-state index >= 15 is 0 Å². The molecule has 1 aromatic carbocycles. The van der Waals surface area contributed by atoms with Gasteiger partial charge in [0.25, 0.3) is 0 Å². The Bertz CT molecular complexity index is 491. The third kappa shape index (κ3) is 4.45. The number of aryl methyl sites for hydroxylation is 1. The van der Waals surface area contributed by atoms with Gasteiger partial charge in [0.2, 0.25) is 0 Å². The summed E-state index contributed by atoms with van der Waals surface area (Å²) >= 11 is 0. The molecule has 0 bridgehead atoms. The number of allylic oxidation sites excluding steroid dienone is 2. The fraction of sp³-hybridized carbons (Fsp3) is 0.471. The average Bonchev–Trinajstić information content (AvgIpc) is 2.48. The number of nitrogens with zero attached hydrogens (tertiary/aromatic N) is 1. The summed E-state index contributed by atoms with van der Waals surface area (Å²) in [6.45, 7) is 0. The number of benzene rings is 1. The van der Waals surface area contributed by atoms with Crippen molar-refractivity contribution in [2.45, 2.75) is 38.5 Å². The summed E-state index contributed by atoms with van der Waals surface area (Å²) in [5.41, 5.74) is 1.17. The van der Waals surface area contributed by atoms with E-state index in [0.29, 0.717) is 5.92 Å². The smallest absolute Gasteiger partial charge is 0.196 e. The molecular weight excluding hydrogens is 256 g/mol. The second-order valence-electron chi connectivity index (χ2n) is 5.57. The third-order valence-corrected chi connectivity index (χ3v) is 4.13. The van der Waals surface area contributed by atoms with Crippen molar-refractivity contribution in [1.29, 1.82) is 5.26 Å². The van der Waals surface area contributed by atoms with Crippen LogP contribution in [0.4, 0.5) is 8.78 Å². The minimum atomic E-state index is -0.653. The van der Waals surface area contributed by atoms with Gasteiger partial charge in [0.1, 0.15) is 11.9 Å². The molecule has 3 heteroatoms. The van der Waals surface area contributed by atoms with Crippen molar-refractivity contribution in [3.05, 3.63) is 47.5 Å². The average molecular weight is 275 g/mol. The molecule has 0 radical (unpaired) electrons. The molecule has 1 aliphatic carbocycles. The van der Waals surface area contributed by atoms with E-state index in [-0.39, 0.29) is 11.7 Å². The van der Waals surface area contributed by atoms with Crippen molar-refractivity contribution in [3.8, 4) is 6.07 Å². The van der Waals surface area contributed by atoms with Gasteiger partial charge >= 0.3 is 0 Å². The molecule has 0 aromatic heterocycles. The minimum absolute atomic E-state index is 0.194. The van der Waals surface area contributed by atoms with E-state index in [4.69, 9.17) is 5.26 Å². The highest BCUT2D eigenvalue weighted by Gasteiger charge is 2.20. The maximum absolute atomic E-state index is 12.9. The van der Waals surface area contributed by atoms with Gasteiger partial charge in [0.15, 0.2) is 5.83 Å². The number of hydrogen-bond acceptors (Lipinski definition) is 1. The number of rotatable bonds is 4. The van der Waals surface area contributed by atoms with Crippen LogP contribution in [0.25, 0.3) is 0 Å². The third-order valence-electron chi connectivity index (χ3n) is 4.13. The van der Waals surface area contributed by atoms with Crippen LogP contribution in [0.3, 0.4) is 0 Å². The van der Waals surface area contributed by atoms with Crippen LogP contribution < -0.4 is 0 Å². The highest BCUT2D eigenvalue weighted by Crippen LogP contribution is 2.32. The number of halogens is 2. The van der Waals surface area contributed by atoms with Crippen molar-refractivity contribution in [2.24, 2.45) is 11.8 Å². The lowest BCUT2D eigenvalue weighted by atomic mass is 9.79. The lowest BCUT2D eigenvalue weighted by Gasteiger charge is -2.26. The SMILES string of the molecule is N#CC(F)=CC1CCC(CCc2ccc(F)cc2)CC1. The van der Waals surface area contributed by atoms with E-state index in [9.17, 15) is 8.78 Å². The van der Waals surface area contributed by atoms with E-state index in [1.807, 2.05) is 12.1 Å². The van der Waals surface area contributed by atoms with Crippen LogP contribution in [0.5, 0.6) is 0 Å². The molecular formula is C17H19F2N. The fourth-order valence-corrected chi connectivity index (χ4v) is 2.91. The summed E-state index contributed by atoms with van der Waals surface area (Å²) in [7, 11) is 0. The van der Waals surface area contributed by atoms with Crippen LogP contribution >= 0.6 is 0 Å². The summed E-state index contributed by atoms with van der Waals surface area (Å²) in [6.07, 6.45) is 7.63. The first-order valence-electron chi connectivity index (χ1n) is 7.19. The van der Waals surface area contributed by atoms with Gasteiger partial charge in [-0.15, -0.1) is 0 Å². The predicted molar refractivity (Wildman–Crippen MR) is 75.0 cm³/mol. The lowest BCUT2D eigenvalue weighted by molar-refractivity contribution is 0.294. The molecule has 0 aliphatic heterocycles. The quantitative estimate of drug-likeness (QED) is 0.714. The zero-order chi connectivity index (χ0) is 14.4. The molecule has 0 amide bonds. The van der Waals surface area contributed by atoms with Crippen LogP contribution in [0.1, 0.15) is 37.7 Å². The van der Waals surface area contributed by atoms with Gasteiger partial charge in [-0.3, -0.25) is 0 Å². The molecule has 0 spiro atoms.